The molecule has 0 aromatic heterocycles. The zero-order valence-electron chi connectivity index (χ0n) is 13.9. The molecular formula is C16H31N3OS. The molecule has 1 aliphatic heterocycles. The number of hydrogen-bond acceptors (Lipinski definition) is 4. The van der Waals surface area contributed by atoms with Crippen molar-refractivity contribution in [1.82, 2.24) is 14.7 Å². The number of likely N-dealkylation sites (N-methyl/N-ethyl adjacent to an activating group) is 1. The van der Waals surface area contributed by atoms with Gasteiger partial charge in [0.1, 0.15) is 0 Å². The van der Waals surface area contributed by atoms with Crippen LogP contribution in [0.2, 0.25) is 0 Å². The Balaban J connectivity index is 1.67. The first-order chi connectivity index (χ1) is 10.1. The molecule has 1 saturated heterocycles. The molecule has 122 valence electrons. The Hall–Kier alpha value is -0.260. The van der Waals surface area contributed by atoms with E-state index < -0.39 is 0 Å². The third kappa shape index (κ3) is 4.86. The second-order valence-electron chi connectivity index (χ2n) is 6.36. The van der Waals surface area contributed by atoms with Crippen LogP contribution in [-0.2, 0) is 4.79 Å². The third-order valence-corrected chi connectivity index (χ3v) is 6.28. The number of amides is 1. The van der Waals surface area contributed by atoms with Crippen molar-refractivity contribution in [3.8, 4) is 0 Å². The fraction of sp³-hybridized carbons (Fsp3) is 0.938. The highest BCUT2D eigenvalue weighted by Crippen LogP contribution is 2.31. The van der Waals surface area contributed by atoms with E-state index in [1.54, 1.807) is 0 Å². The lowest BCUT2D eigenvalue weighted by atomic mass is 10.2. The van der Waals surface area contributed by atoms with Gasteiger partial charge in [-0.15, -0.1) is 0 Å². The van der Waals surface area contributed by atoms with Gasteiger partial charge in [-0.25, -0.2) is 0 Å². The maximum absolute atomic E-state index is 12.4. The average Bonchev–Trinajstić information content (AvgIpc) is 3.01. The highest BCUT2D eigenvalue weighted by molar-refractivity contribution is 7.99. The molecule has 0 unspecified atom stereocenters. The number of hydrogen-bond donors (Lipinski definition) is 0. The first-order valence-electron chi connectivity index (χ1n) is 8.37. The normalized spacial score (nSPS) is 28.0. The zero-order valence-corrected chi connectivity index (χ0v) is 14.7. The van der Waals surface area contributed by atoms with E-state index in [0.717, 1.165) is 44.5 Å². The standard InChI is InChI=1S/C16H31N3OS/c1-4-18-9-11-19(12-10-18)8-7-16(20)17(2)14-5-6-15(13-14)21-3/h14-15H,4-13H2,1-3H3/t14-,15-/m0/s1. The van der Waals surface area contributed by atoms with E-state index in [2.05, 4.69) is 23.0 Å². The number of carbonyl (C=O) groups is 1. The van der Waals surface area contributed by atoms with Crippen molar-refractivity contribution in [2.75, 3.05) is 52.6 Å². The van der Waals surface area contributed by atoms with Gasteiger partial charge in [0.25, 0.3) is 0 Å². The van der Waals surface area contributed by atoms with E-state index in [1.807, 2.05) is 23.7 Å². The van der Waals surface area contributed by atoms with Gasteiger partial charge in [-0.05, 0) is 32.1 Å². The number of piperazine rings is 1. The summed E-state index contributed by atoms with van der Waals surface area (Å²) >= 11 is 1.95. The minimum absolute atomic E-state index is 0.333. The molecule has 0 aromatic carbocycles. The second kappa shape index (κ2) is 8.39. The molecule has 21 heavy (non-hydrogen) atoms. The van der Waals surface area contributed by atoms with Crippen molar-refractivity contribution in [3.05, 3.63) is 0 Å². The lowest BCUT2D eigenvalue weighted by Crippen LogP contribution is -2.47. The summed E-state index contributed by atoms with van der Waals surface area (Å²) in [6.45, 7) is 8.83. The smallest absolute Gasteiger partial charge is 0.223 e. The summed E-state index contributed by atoms with van der Waals surface area (Å²) in [7, 11) is 2.00. The van der Waals surface area contributed by atoms with Crippen molar-refractivity contribution < 1.29 is 4.79 Å². The van der Waals surface area contributed by atoms with Gasteiger partial charge in [0.15, 0.2) is 0 Å². The van der Waals surface area contributed by atoms with Gasteiger partial charge < -0.3 is 14.7 Å². The molecule has 0 radical (unpaired) electrons. The van der Waals surface area contributed by atoms with Crippen LogP contribution in [0.25, 0.3) is 0 Å². The van der Waals surface area contributed by atoms with Crippen LogP contribution in [0.4, 0.5) is 0 Å². The number of rotatable bonds is 6. The Morgan fingerprint density at radius 1 is 1.19 bits per heavy atom. The molecule has 0 N–H and O–H groups in total. The molecule has 2 fully saturated rings. The largest absolute Gasteiger partial charge is 0.343 e. The van der Waals surface area contributed by atoms with Gasteiger partial charge >= 0.3 is 0 Å². The predicted molar refractivity (Wildman–Crippen MR) is 90.9 cm³/mol. The molecule has 2 rings (SSSR count). The number of carbonyl (C=O) groups excluding carboxylic acids is 1. The van der Waals surface area contributed by atoms with E-state index in [1.165, 1.54) is 19.3 Å². The Kier molecular flexibility index (Phi) is 6.83. The maximum Gasteiger partial charge on any atom is 0.223 e. The molecule has 0 bridgehead atoms. The fourth-order valence-corrected chi connectivity index (χ4v) is 4.23. The summed E-state index contributed by atoms with van der Waals surface area (Å²) in [5.74, 6) is 0.333. The van der Waals surface area contributed by atoms with Gasteiger partial charge in [0.2, 0.25) is 5.91 Å². The van der Waals surface area contributed by atoms with E-state index in [9.17, 15) is 4.79 Å². The molecule has 1 saturated carbocycles. The van der Waals surface area contributed by atoms with Crippen molar-refractivity contribution >= 4 is 17.7 Å². The van der Waals surface area contributed by atoms with Crippen LogP contribution in [-0.4, -0.2) is 84.5 Å². The highest BCUT2D eigenvalue weighted by atomic mass is 32.2. The Morgan fingerprint density at radius 2 is 1.86 bits per heavy atom. The Labute approximate surface area is 134 Å². The molecule has 5 heteroatoms. The number of nitrogens with zero attached hydrogens (tertiary/aromatic N) is 3. The van der Waals surface area contributed by atoms with Crippen LogP contribution in [0, 0.1) is 0 Å². The average molecular weight is 314 g/mol. The quantitative estimate of drug-likeness (QED) is 0.746. The minimum atomic E-state index is 0.333. The van der Waals surface area contributed by atoms with E-state index >= 15 is 0 Å². The molecule has 0 spiro atoms. The molecule has 1 aliphatic carbocycles. The van der Waals surface area contributed by atoms with Gasteiger partial charge in [0.05, 0.1) is 0 Å². The highest BCUT2D eigenvalue weighted by Gasteiger charge is 2.29. The molecule has 2 atom stereocenters. The van der Waals surface area contributed by atoms with Crippen molar-refractivity contribution in [2.45, 2.75) is 43.9 Å². The Bertz CT molecular complexity index is 331. The summed E-state index contributed by atoms with van der Waals surface area (Å²) in [5.41, 5.74) is 0. The molecule has 0 aromatic rings. The first kappa shape index (κ1) is 17.1. The predicted octanol–water partition coefficient (Wildman–Crippen LogP) is 1.76. The van der Waals surface area contributed by atoms with Crippen LogP contribution in [0.1, 0.15) is 32.6 Å². The van der Waals surface area contributed by atoms with Gasteiger partial charge in [-0.1, -0.05) is 6.92 Å². The monoisotopic (exact) mass is 313 g/mol. The lowest BCUT2D eigenvalue weighted by molar-refractivity contribution is -0.132. The van der Waals surface area contributed by atoms with E-state index in [0.29, 0.717) is 18.4 Å². The Morgan fingerprint density at radius 3 is 2.43 bits per heavy atom. The SMILES string of the molecule is CCN1CCN(CCC(=O)N(C)[C@H]2CC[C@H](SC)C2)CC1. The molecule has 2 aliphatic rings. The molecule has 4 nitrogen and oxygen atoms in total. The first-order valence-corrected chi connectivity index (χ1v) is 9.66. The van der Waals surface area contributed by atoms with Gasteiger partial charge in [-0.2, -0.15) is 11.8 Å². The summed E-state index contributed by atoms with van der Waals surface area (Å²) in [6.07, 6.45) is 6.50. The summed E-state index contributed by atoms with van der Waals surface area (Å²) < 4.78 is 0. The zero-order chi connectivity index (χ0) is 15.2. The maximum atomic E-state index is 12.4. The van der Waals surface area contributed by atoms with Gasteiger partial charge in [0, 0.05) is 57.5 Å². The second-order valence-corrected chi connectivity index (χ2v) is 7.49. The van der Waals surface area contributed by atoms with E-state index in [-0.39, 0.29) is 0 Å². The third-order valence-electron chi connectivity index (χ3n) is 5.19. The lowest BCUT2D eigenvalue weighted by Gasteiger charge is -2.34. The van der Waals surface area contributed by atoms with Crippen LogP contribution in [0.3, 0.4) is 0 Å². The topological polar surface area (TPSA) is 26.8 Å². The summed E-state index contributed by atoms with van der Waals surface area (Å²) in [4.78, 5) is 19.3. The minimum Gasteiger partial charge on any atom is -0.343 e. The summed E-state index contributed by atoms with van der Waals surface area (Å²) in [5, 5.41) is 0.757. The molecule has 1 heterocycles. The van der Waals surface area contributed by atoms with Crippen LogP contribution < -0.4 is 0 Å². The van der Waals surface area contributed by atoms with E-state index in [4.69, 9.17) is 0 Å². The van der Waals surface area contributed by atoms with Crippen molar-refractivity contribution in [2.24, 2.45) is 0 Å². The van der Waals surface area contributed by atoms with Crippen LogP contribution in [0.15, 0.2) is 0 Å². The number of thioether (sulfide) groups is 1. The van der Waals surface area contributed by atoms with Crippen molar-refractivity contribution in [3.63, 3.8) is 0 Å². The fourth-order valence-electron chi connectivity index (χ4n) is 3.45. The van der Waals surface area contributed by atoms with Crippen LogP contribution in [0.5, 0.6) is 0 Å². The molecular weight excluding hydrogens is 282 g/mol. The summed E-state index contributed by atoms with van der Waals surface area (Å²) in [6, 6.07) is 0.479. The van der Waals surface area contributed by atoms with Crippen LogP contribution >= 0.6 is 11.8 Å². The molecule has 1 amide bonds. The van der Waals surface area contributed by atoms with Crippen molar-refractivity contribution in [1.29, 1.82) is 0 Å². The van der Waals surface area contributed by atoms with Gasteiger partial charge in [-0.3, -0.25) is 4.79 Å².